The third-order valence-corrected chi connectivity index (χ3v) is 7.52. The van der Waals surface area contributed by atoms with E-state index in [0.29, 0.717) is 49.9 Å². The minimum absolute atomic E-state index is 0.163. The number of para-hydroxylation sites is 1. The summed E-state index contributed by atoms with van der Waals surface area (Å²) in [7, 11) is 1.15. The van der Waals surface area contributed by atoms with Crippen molar-refractivity contribution in [3.63, 3.8) is 0 Å². The molecule has 1 aliphatic carbocycles. The maximum atomic E-state index is 14.2. The lowest BCUT2D eigenvalue weighted by atomic mass is 9.82. The van der Waals surface area contributed by atoms with Gasteiger partial charge in [-0.15, -0.1) is 0 Å². The smallest absolute Gasteiger partial charge is 0.419 e. The summed E-state index contributed by atoms with van der Waals surface area (Å²) in [6.45, 7) is 0. The first-order valence-electron chi connectivity index (χ1n) is 13.0. The molecule has 5 nitrogen and oxygen atoms in total. The Labute approximate surface area is 237 Å². The lowest BCUT2D eigenvalue weighted by molar-refractivity contribution is -0.138. The van der Waals surface area contributed by atoms with Crippen molar-refractivity contribution in [2.24, 2.45) is 0 Å². The summed E-state index contributed by atoms with van der Waals surface area (Å²) in [6.07, 6.45) is -4.65. The minimum atomic E-state index is -4.65. The molecule has 0 atom stereocenters. The maximum absolute atomic E-state index is 14.2. The van der Waals surface area contributed by atoms with Crippen LogP contribution in [0, 0.1) is 0 Å². The van der Waals surface area contributed by atoms with E-state index in [1.54, 1.807) is 60.7 Å². The van der Waals surface area contributed by atoms with Gasteiger partial charge in [-0.1, -0.05) is 66.7 Å². The molecule has 0 saturated carbocycles. The van der Waals surface area contributed by atoms with Gasteiger partial charge in [0.25, 0.3) is 5.56 Å². The van der Waals surface area contributed by atoms with Crippen molar-refractivity contribution in [2.75, 3.05) is 7.11 Å². The number of fused-ring (bicyclic) bond motifs is 4. The highest BCUT2D eigenvalue weighted by molar-refractivity contribution is 6.31. The highest BCUT2D eigenvalue weighted by Gasteiger charge is 2.36. The Kier molecular flexibility index (Phi) is 5.69. The number of methoxy groups -OCH3 is 1. The van der Waals surface area contributed by atoms with Crippen molar-refractivity contribution in [3.8, 4) is 34.1 Å². The zero-order valence-corrected chi connectivity index (χ0v) is 22.0. The van der Waals surface area contributed by atoms with Crippen LogP contribution < -0.4 is 15.0 Å². The van der Waals surface area contributed by atoms with Crippen LogP contribution in [0.1, 0.15) is 21.5 Å². The largest absolute Gasteiger partial charge is 0.496 e. The Bertz CT molecular complexity index is 2130. The van der Waals surface area contributed by atoms with Gasteiger partial charge in [0.15, 0.2) is 5.78 Å². The summed E-state index contributed by atoms with van der Waals surface area (Å²) >= 11 is 0. The van der Waals surface area contributed by atoms with E-state index < -0.39 is 23.0 Å². The van der Waals surface area contributed by atoms with Crippen LogP contribution in [0.3, 0.4) is 0 Å². The summed E-state index contributed by atoms with van der Waals surface area (Å²) in [6, 6.07) is 28.0. The second-order valence-corrected chi connectivity index (χ2v) is 9.88. The number of benzene rings is 5. The van der Waals surface area contributed by atoms with E-state index >= 15 is 0 Å². The van der Waals surface area contributed by atoms with Gasteiger partial charge < -0.3 is 9.47 Å². The first-order valence-corrected chi connectivity index (χ1v) is 13.0. The molecule has 6 aromatic rings. The molecule has 0 spiro atoms. The number of ether oxygens (including phenoxy) is 2. The topological polar surface area (TPSA) is 57.5 Å². The molecule has 206 valence electrons. The Morgan fingerprint density at radius 3 is 2.10 bits per heavy atom. The molecule has 0 unspecified atom stereocenters. The average molecular weight is 564 g/mol. The molecule has 1 aromatic heterocycles. The zero-order chi connectivity index (χ0) is 29.2. The molecule has 0 aliphatic heterocycles. The van der Waals surface area contributed by atoms with Crippen LogP contribution in [0.2, 0.25) is 0 Å². The van der Waals surface area contributed by atoms with E-state index in [2.05, 4.69) is 0 Å². The monoisotopic (exact) mass is 563 g/mol. The number of carbonyl (C=O) groups is 1. The molecule has 5 aromatic carbocycles. The summed E-state index contributed by atoms with van der Waals surface area (Å²) in [5.41, 5.74) is 0.938. The number of halogens is 3. The molecule has 1 heterocycles. The Morgan fingerprint density at radius 2 is 1.38 bits per heavy atom. The number of ketones is 1. The lowest BCUT2D eigenvalue weighted by Gasteiger charge is -2.26. The van der Waals surface area contributed by atoms with Crippen LogP contribution in [0.4, 0.5) is 13.2 Å². The van der Waals surface area contributed by atoms with Crippen LogP contribution in [0.5, 0.6) is 17.2 Å². The number of pyridine rings is 1. The number of carbonyl (C=O) groups excluding carboxylic acids is 1. The van der Waals surface area contributed by atoms with E-state index in [1.165, 1.54) is 22.8 Å². The highest BCUT2D eigenvalue weighted by Crippen LogP contribution is 2.48. The van der Waals surface area contributed by atoms with Gasteiger partial charge in [0, 0.05) is 33.9 Å². The Hall–Kier alpha value is -5.37. The molecular formula is C34H20F3NO4. The molecule has 0 saturated heterocycles. The molecule has 0 amide bonds. The van der Waals surface area contributed by atoms with E-state index in [0.717, 1.165) is 13.2 Å². The molecule has 0 N–H and O–H groups in total. The summed E-state index contributed by atoms with van der Waals surface area (Å²) in [4.78, 5) is 28.1. The standard InChI is InChI=1S/C34H20F3NO4/c1-41-27-17-19(15-16-26(27)34(35,36)37)38-28(39)18-25-21-11-5-7-13-23(21)32(40)30-29(25)31(38)22-12-6-8-14-24(22)33(30)42-20-9-3-2-4-10-20/h2-18H,1H3. The number of alkyl halides is 3. The second kappa shape index (κ2) is 9.34. The lowest BCUT2D eigenvalue weighted by Crippen LogP contribution is -2.22. The summed E-state index contributed by atoms with van der Waals surface area (Å²) in [5, 5.41) is 1.63. The van der Waals surface area contributed by atoms with Gasteiger partial charge in [-0.25, -0.2) is 0 Å². The predicted octanol–water partition coefficient (Wildman–Crippen LogP) is 8.18. The van der Waals surface area contributed by atoms with Gasteiger partial charge in [-0.05, 0) is 35.4 Å². The van der Waals surface area contributed by atoms with Crippen LogP contribution in [0.15, 0.2) is 108 Å². The van der Waals surface area contributed by atoms with Gasteiger partial charge in [0.1, 0.15) is 17.2 Å². The number of rotatable bonds is 4. The van der Waals surface area contributed by atoms with Crippen molar-refractivity contribution in [3.05, 3.63) is 130 Å². The van der Waals surface area contributed by atoms with Crippen LogP contribution in [-0.4, -0.2) is 17.5 Å². The van der Waals surface area contributed by atoms with Gasteiger partial charge >= 0.3 is 6.18 Å². The number of hydrogen-bond acceptors (Lipinski definition) is 4. The van der Waals surface area contributed by atoms with Gasteiger partial charge in [-0.2, -0.15) is 13.2 Å². The van der Waals surface area contributed by atoms with E-state index in [-0.39, 0.29) is 17.0 Å². The Morgan fingerprint density at radius 1 is 0.714 bits per heavy atom. The van der Waals surface area contributed by atoms with Crippen LogP contribution >= 0.6 is 0 Å². The molecule has 0 radical (unpaired) electrons. The van der Waals surface area contributed by atoms with Crippen molar-refractivity contribution in [1.82, 2.24) is 4.57 Å². The summed E-state index contributed by atoms with van der Waals surface area (Å²) in [5.74, 6) is 0.147. The van der Waals surface area contributed by atoms with Crippen molar-refractivity contribution < 1.29 is 27.4 Å². The molecule has 7 rings (SSSR count). The molecule has 0 fully saturated rings. The average Bonchev–Trinajstić information content (AvgIpc) is 3.00. The molecule has 8 heteroatoms. The summed E-state index contributed by atoms with van der Waals surface area (Å²) < 4.78 is 53.9. The van der Waals surface area contributed by atoms with E-state index in [1.807, 2.05) is 18.2 Å². The van der Waals surface area contributed by atoms with Crippen molar-refractivity contribution >= 4 is 27.5 Å². The van der Waals surface area contributed by atoms with Crippen LogP contribution in [-0.2, 0) is 6.18 Å². The first-order chi connectivity index (χ1) is 20.3. The molecular weight excluding hydrogens is 543 g/mol. The second-order valence-electron chi connectivity index (χ2n) is 9.88. The fourth-order valence-electron chi connectivity index (χ4n) is 5.76. The molecule has 1 aliphatic rings. The molecule has 0 bridgehead atoms. The van der Waals surface area contributed by atoms with Crippen LogP contribution in [0.25, 0.3) is 38.5 Å². The maximum Gasteiger partial charge on any atom is 0.419 e. The molecule has 42 heavy (non-hydrogen) atoms. The van der Waals surface area contributed by atoms with Crippen molar-refractivity contribution in [1.29, 1.82) is 0 Å². The third-order valence-electron chi connectivity index (χ3n) is 7.52. The predicted molar refractivity (Wildman–Crippen MR) is 154 cm³/mol. The van der Waals surface area contributed by atoms with E-state index in [9.17, 15) is 22.8 Å². The highest BCUT2D eigenvalue weighted by atomic mass is 19.4. The number of nitrogens with zero attached hydrogens (tertiary/aromatic N) is 1. The number of aromatic nitrogens is 1. The number of hydrogen-bond donors (Lipinski definition) is 0. The first kappa shape index (κ1) is 25.6. The normalized spacial score (nSPS) is 12.4. The van der Waals surface area contributed by atoms with Gasteiger partial charge in [-0.3, -0.25) is 14.2 Å². The van der Waals surface area contributed by atoms with Crippen molar-refractivity contribution in [2.45, 2.75) is 6.18 Å². The van der Waals surface area contributed by atoms with Gasteiger partial charge in [0.05, 0.1) is 29.4 Å². The minimum Gasteiger partial charge on any atom is -0.496 e. The zero-order valence-electron chi connectivity index (χ0n) is 22.0. The Balaban J connectivity index is 1.66. The van der Waals surface area contributed by atoms with E-state index in [4.69, 9.17) is 9.47 Å². The fourth-order valence-corrected chi connectivity index (χ4v) is 5.76. The SMILES string of the molecule is COc1cc(-n2c(=O)cc3c4c(c(Oc5ccccc5)c5ccccc5c42)C(=O)c2ccccc2-3)ccc1C(F)(F)F. The fraction of sp³-hybridized carbons (Fsp3) is 0.0588. The third kappa shape index (κ3) is 3.79. The quantitative estimate of drug-likeness (QED) is 0.203. The van der Waals surface area contributed by atoms with Gasteiger partial charge in [0.2, 0.25) is 0 Å².